The number of anilines is 1. The minimum absolute atomic E-state index is 0.120. The third-order valence-electron chi connectivity index (χ3n) is 4.84. The molecule has 0 unspecified atom stereocenters. The molecule has 0 saturated carbocycles. The summed E-state index contributed by atoms with van der Waals surface area (Å²) in [6, 6.07) is 13.4. The molecule has 0 radical (unpaired) electrons. The van der Waals surface area contributed by atoms with Crippen LogP contribution in [-0.2, 0) is 16.6 Å². The molecule has 172 valence electrons. The van der Waals surface area contributed by atoms with Gasteiger partial charge in [0.1, 0.15) is 0 Å². The number of benzene rings is 2. The number of aryl methyl sites for hydroxylation is 1. The van der Waals surface area contributed by atoms with Crippen molar-refractivity contribution in [2.75, 3.05) is 18.2 Å². The molecule has 0 aliphatic rings. The van der Waals surface area contributed by atoms with Crippen molar-refractivity contribution in [3.05, 3.63) is 71.0 Å². The number of thioether (sulfide) groups is 1. The Morgan fingerprint density at radius 1 is 1.03 bits per heavy atom. The van der Waals surface area contributed by atoms with Crippen LogP contribution in [-0.4, -0.2) is 45.4 Å². The zero-order valence-corrected chi connectivity index (χ0v) is 19.6. The van der Waals surface area contributed by atoms with E-state index in [9.17, 15) is 14.4 Å². The summed E-state index contributed by atoms with van der Waals surface area (Å²) in [6.07, 6.45) is 0. The molecule has 2 aromatic carbocycles. The molecule has 0 spiro atoms. The van der Waals surface area contributed by atoms with E-state index in [1.807, 2.05) is 26.0 Å². The lowest BCUT2D eigenvalue weighted by atomic mass is 10.1. The van der Waals surface area contributed by atoms with Crippen LogP contribution in [0.25, 0.3) is 0 Å². The summed E-state index contributed by atoms with van der Waals surface area (Å²) in [5.74, 6) is -0.162. The molecule has 0 aliphatic carbocycles. The molecular weight excluding hydrogens is 442 g/mol. The molecule has 10 heteroatoms. The van der Waals surface area contributed by atoms with E-state index in [2.05, 4.69) is 25.6 Å². The van der Waals surface area contributed by atoms with Gasteiger partial charge in [-0.1, -0.05) is 29.5 Å². The molecule has 0 saturated heterocycles. The van der Waals surface area contributed by atoms with Gasteiger partial charge in [-0.15, -0.1) is 10.2 Å². The Balaban J connectivity index is 1.54. The maximum absolute atomic E-state index is 12.5. The number of carbonyl (C=O) groups excluding carboxylic acids is 3. The summed E-state index contributed by atoms with van der Waals surface area (Å²) in [4.78, 5) is 36.3. The second-order valence-corrected chi connectivity index (χ2v) is 8.31. The molecule has 2 amide bonds. The largest absolute Gasteiger partial charge is 0.465 e. The smallest absolute Gasteiger partial charge is 0.337 e. The van der Waals surface area contributed by atoms with Crippen LogP contribution < -0.4 is 10.6 Å². The molecular formula is C23H25N5O4S. The van der Waals surface area contributed by atoms with Crippen molar-refractivity contribution in [2.24, 2.45) is 7.05 Å². The van der Waals surface area contributed by atoms with Gasteiger partial charge in [-0.25, -0.2) is 4.79 Å². The van der Waals surface area contributed by atoms with E-state index in [0.717, 1.165) is 5.56 Å². The highest BCUT2D eigenvalue weighted by molar-refractivity contribution is 7.99. The number of nitrogens with zero attached hydrogens (tertiary/aromatic N) is 3. The van der Waals surface area contributed by atoms with E-state index in [-0.39, 0.29) is 23.6 Å². The average Bonchev–Trinajstić information content (AvgIpc) is 3.18. The van der Waals surface area contributed by atoms with Gasteiger partial charge in [0, 0.05) is 18.3 Å². The van der Waals surface area contributed by atoms with E-state index in [1.165, 1.54) is 18.9 Å². The van der Waals surface area contributed by atoms with Crippen LogP contribution in [0.15, 0.2) is 53.7 Å². The number of aromatic nitrogens is 3. The number of hydrogen-bond acceptors (Lipinski definition) is 7. The van der Waals surface area contributed by atoms with E-state index >= 15 is 0 Å². The predicted molar refractivity (Wildman–Crippen MR) is 125 cm³/mol. The van der Waals surface area contributed by atoms with Crippen LogP contribution in [0.4, 0.5) is 5.69 Å². The minimum Gasteiger partial charge on any atom is -0.465 e. The van der Waals surface area contributed by atoms with Gasteiger partial charge in [-0.05, 0) is 50.2 Å². The highest BCUT2D eigenvalue weighted by Crippen LogP contribution is 2.20. The molecule has 33 heavy (non-hydrogen) atoms. The average molecular weight is 468 g/mol. The van der Waals surface area contributed by atoms with E-state index < -0.39 is 5.97 Å². The summed E-state index contributed by atoms with van der Waals surface area (Å²) in [5, 5.41) is 14.6. The number of rotatable bonds is 8. The van der Waals surface area contributed by atoms with Crippen molar-refractivity contribution >= 4 is 35.2 Å². The summed E-state index contributed by atoms with van der Waals surface area (Å²) in [7, 11) is 3.10. The number of methoxy groups -OCH3 is 1. The SMILES string of the molecule is COC(=O)c1ccc(NC(=O)CSc2nnc([C@H](C)NC(=O)c3ccc(C)cc3)n2C)cc1. The standard InChI is InChI=1S/C23H25N5O4S/c1-14-5-7-16(8-6-14)21(30)24-15(2)20-26-27-23(28(20)3)33-13-19(29)25-18-11-9-17(10-12-18)22(31)32-4/h5-12,15H,13H2,1-4H3,(H,24,30)(H,25,29)/t15-/m0/s1. The Hall–Kier alpha value is -3.66. The molecule has 1 aromatic heterocycles. The number of esters is 1. The first-order valence-electron chi connectivity index (χ1n) is 10.2. The highest BCUT2D eigenvalue weighted by Gasteiger charge is 2.19. The van der Waals surface area contributed by atoms with Crippen LogP contribution >= 0.6 is 11.8 Å². The van der Waals surface area contributed by atoms with Crippen molar-refractivity contribution in [1.29, 1.82) is 0 Å². The number of carbonyl (C=O) groups is 3. The predicted octanol–water partition coefficient (Wildman–Crippen LogP) is 3.13. The van der Waals surface area contributed by atoms with Gasteiger partial charge < -0.3 is 19.9 Å². The van der Waals surface area contributed by atoms with Crippen molar-refractivity contribution in [2.45, 2.75) is 25.0 Å². The second-order valence-electron chi connectivity index (χ2n) is 7.37. The molecule has 2 N–H and O–H groups in total. The van der Waals surface area contributed by atoms with Crippen molar-refractivity contribution in [3.63, 3.8) is 0 Å². The lowest BCUT2D eigenvalue weighted by molar-refractivity contribution is -0.113. The van der Waals surface area contributed by atoms with Crippen LogP contribution in [0.1, 0.15) is 45.1 Å². The van der Waals surface area contributed by atoms with Crippen LogP contribution in [0, 0.1) is 6.92 Å². The summed E-state index contributed by atoms with van der Waals surface area (Å²) < 4.78 is 6.41. The maximum Gasteiger partial charge on any atom is 0.337 e. The van der Waals surface area contributed by atoms with E-state index in [1.54, 1.807) is 48.0 Å². The Labute approximate surface area is 195 Å². The molecule has 1 heterocycles. The fourth-order valence-corrected chi connectivity index (χ4v) is 3.73. The topological polar surface area (TPSA) is 115 Å². The zero-order valence-electron chi connectivity index (χ0n) is 18.8. The fourth-order valence-electron chi connectivity index (χ4n) is 3.01. The van der Waals surface area contributed by atoms with Crippen molar-refractivity contribution in [3.8, 4) is 0 Å². The molecule has 0 fully saturated rings. The number of nitrogens with one attached hydrogen (secondary N) is 2. The van der Waals surface area contributed by atoms with Crippen molar-refractivity contribution in [1.82, 2.24) is 20.1 Å². The van der Waals surface area contributed by atoms with Gasteiger partial charge in [-0.3, -0.25) is 9.59 Å². The van der Waals surface area contributed by atoms with Gasteiger partial charge in [0.05, 0.1) is 24.5 Å². The van der Waals surface area contributed by atoms with E-state index in [0.29, 0.717) is 27.8 Å². The van der Waals surface area contributed by atoms with Crippen LogP contribution in [0.5, 0.6) is 0 Å². The quantitative estimate of drug-likeness (QED) is 0.386. The lowest BCUT2D eigenvalue weighted by Gasteiger charge is -2.13. The molecule has 9 nitrogen and oxygen atoms in total. The molecule has 0 bridgehead atoms. The molecule has 3 rings (SSSR count). The lowest BCUT2D eigenvalue weighted by Crippen LogP contribution is -2.28. The maximum atomic E-state index is 12.5. The Morgan fingerprint density at radius 3 is 2.30 bits per heavy atom. The van der Waals surface area contributed by atoms with E-state index in [4.69, 9.17) is 0 Å². The summed E-state index contributed by atoms with van der Waals surface area (Å²) in [5.41, 5.74) is 2.62. The minimum atomic E-state index is -0.439. The third kappa shape index (κ3) is 6.19. The van der Waals surface area contributed by atoms with Crippen molar-refractivity contribution < 1.29 is 19.1 Å². The molecule has 1 atom stereocenters. The first-order chi connectivity index (χ1) is 15.8. The van der Waals surface area contributed by atoms with Gasteiger partial charge >= 0.3 is 5.97 Å². The first-order valence-corrected chi connectivity index (χ1v) is 11.1. The fraction of sp³-hybridized carbons (Fsp3) is 0.261. The Morgan fingerprint density at radius 2 is 1.67 bits per heavy atom. The van der Waals surface area contributed by atoms with Crippen LogP contribution in [0.2, 0.25) is 0 Å². The monoisotopic (exact) mass is 467 g/mol. The zero-order chi connectivity index (χ0) is 24.0. The molecule has 3 aromatic rings. The van der Waals surface area contributed by atoms with Crippen LogP contribution in [0.3, 0.4) is 0 Å². The normalized spacial score (nSPS) is 11.5. The first kappa shape index (κ1) is 24.0. The number of amides is 2. The number of ether oxygens (including phenoxy) is 1. The number of hydrogen-bond donors (Lipinski definition) is 2. The molecule has 0 aliphatic heterocycles. The Kier molecular flexibility index (Phi) is 7.83. The summed E-state index contributed by atoms with van der Waals surface area (Å²) in [6.45, 7) is 3.79. The van der Waals surface area contributed by atoms with Gasteiger partial charge in [0.25, 0.3) is 5.91 Å². The Bertz CT molecular complexity index is 1140. The van der Waals surface area contributed by atoms with Gasteiger partial charge in [-0.2, -0.15) is 0 Å². The van der Waals surface area contributed by atoms with Gasteiger partial charge in [0.15, 0.2) is 11.0 Å². The third-order valence-corrected chi connectivity index (χ3v) is 5.86. The summed E-state index contributed by atoms with van der Waals surface area (Å²) >= 11 is 1.23. The highest BCUT2D eigenvalue weighted by atomic mass is 32.2. The second kappa shape index (κ2) is 10.8. The van der Waals surface area contributed by atoms with Gasteiger partial charge in [0.2, 0.25) is 5.91 Å².